The largest absolute Gasteiger partial charge is 0.493 e. The smallest absolute Gasteiger partial charge is 0.416 e. The number of fused-ring (bicyclic) bond motifs is 1. The number of nitrogens with one attached hydrogen (secondary N) is 1. The lowest BCUT2D eigenvalue weighted by atomic mass is 10.1. The summed E-state index contributed by atoms with van der Waals surface area (Å²) in [7, 11) is 4.51. The summed E-state index contributed by atoms with van der Waals surface area (Å²) in [6.07, 6.45) is -2.94. The number of nitrogens with zero attached hydrogens (tertiary/aromatic N) is 2. The van der Waals surface area contributed by atoms with Gasteiger partial charge in [0.2, 0.25) is 0 Å². The van der Waals surface area contributed by atoms with E-state index in [1.54, 1.807) is 29.1 Å². The van der Waals surface area contributed by atoms with Crippen LogP contribution in [0.1, 0.15) is 20.8 Å². The molecule has 4 aromatic rings. The summed E-state index contributed by atoms with van der Waals surface area (Å²) >= 11 is 1.12. The van der Waals surface area contributed by atoms with Gasteiger partial charge in [-0.2, -0.15) is 13.2 Å². The van der Waals surface area contributed by atoms with Crippen molar-refractivity contribution < 1.29 is 32.2 Å². The second-order valence-electron chi connectivity index (χ2n) is 7.11. The van der Waals surface area contributed by atoms with E-state index in [-0.39, 0.29) is 22.8 Å². The number of thiophene rings is 1. The van der Waals surface area contributed by atoms with E-state index in [1.807, 2.05) is 0 Å². The number of halogens is 3. The summed E-state index contributed by atoms with van der Waals surface area (Å²) in [6, 6.07) is 10.2. The van der Waals surface area contributed by atoms with Crippen LogP contribution in [0.4, 0.5) is 13.2 Å². The highest BCUT2D eigenvalue weighted by atomic mass is 32.1. The fourth-order valence-electron chi connectivity index (χ4n) is 3.45. The van der Waals surface area contributed by atoms with Crippen molar-refractivity contribution in [2.45, 2.75) is 12.8 Å². The third-order valence-corrected chi connectivity index (χ3v) is 6.23. The molecule has 2 aromatic carbocycles. The van der Waals surface area contributed by atoms with Crippen LogP contribution in [0.2, 0.25) is 0 Å². The molecule has 0 atom stereocenters. The summed E-state index contributed by atoms with van der Waals surface area (Å²) in [5, 5.41) is 3.12. The maximum absolute atomic E-state index is 13.3. The van der Waals surface area contributed by atoms with E-state index in [2.05, 4.69) is 10.3 Å². The number of methoxy groups -OCH3 is 2. The molecule has 0 spiro atoms. The minimum Gasteiger partial charge on any atom is -0.493 e. The van der Waals surface area contributed by atoms with Gasteiger partial charge in [0.25, 0.3) is 5.91 Å². The topological polar surface area (TPSA) is 74.6 Å². The monoisotopic (exact) mass is 491 g/mol. The van der Waals surface area contributed by atoms with Crippen molar-refractivity contribution in [3.8, 4) is 22.2 Å². The summed E-state index contributed by atoms with van der Waals surface area (Å²) in [5.41, 5.74) is 0.509. The van der Waals surface area contributed by atoms with Crippen LogP contribution in [0.5, 0.6) is 17.2 Å². The van der Waals surface area contributed by atoms with E-state index in [0.717, 1.165) is 17.4 Å². The van der Waals surface area contributed by atoms with Gasteiger partial charge < -0.3 is 19.5 Å². The highest BCUT2D eigenvalue weighted by Gasteiger charge is 2.33. The van der Waals surface area contributed by atoms with E-state index in [4.69, 9.17) is 14.2 Å². The molecule has 1 N–H and O–H groups in total. The number of aromatic nitrogens is 2. The quantitative estimate of drug-likeness (QED) is 0.391. The Kier molecular flexibility index (Phi) is 6.38. The van der Waals surface area contributed by atoms with Crippen LogP contribution in [0.3, 0.4) is 0 Å². The standard InChI is InChI=1S/C23H20F3N3O4S/c1-27-22(30)21-19(33-11-13-6-4-5-7-14(13)23(24,25)26)10-20(34-21)29-12-28-15-8-17(31-2)18(32-3)9-16(15)29/h4-10,12H,11H2,1-3H3,(H,27,30). The van der Waals surface area contributed by atoms with E-state index >= 15 is 0 Å². The Morgan fingerprint density at radius 3 is 2.47 bits per heavy atom. The number of rotatable bonds is 7. The predicted molar refractivity (Wildman–Crippen MR) is 121 cm³/mol. The molecule has 0 aliphatic heterocycles. The van der Waals surface area contributed by atoms with Crippen LogP contribution < -0.4 is 19.5 Å². The molecule has 0 saturated carbocycles. The zero-order chi connectivity index (χ0) is 24.5. The Labute approximate surface area is 196 Å². The minimum atomic E-state index is -4.51. The Balaban J connectivity index is 1.73. The molecule has 0 radical (unpaired) electrons. The molecule has 0 bridgehead atoms. The molecule has 2 aromatic heterocycles. The average Bonchev–Trinajstić information content (AvgIpc) is 3.44. The van der Waals surface area contributed by atoms with Crippen LogP contribution >= 0.6 is 11.3 Å². The van der Waals surface area contributed by atoms with Gasteiger partial charge in [0.05, 0.1) is 30.8 Å². The molecule has 2 heterocycles. The van der Waals surface area contributed by atoms with Crippen molar-refractivity contribution in [2.24, 2.45) is 0 Å². The zero-order valence-electron chi connectivity index (χ0n) is 18.4. The highest BCUT2D eigenvalue weighted by Crippen LogP contribution is 2.38. The third kappa shape index (κ3) is 4.38. The first kappa shape index (κ1) is 23.4. The van der Waals surface area contributed by atoms with E-state index in [0.29, 0.717) is 27.5 Å². The van der Waals surface area contributed by atoms with Crippen molar-refractivity contribution in [1.82, 2.24) is 14.9 Å². The SMILES string of the molecule is CNC(=O)c1sc(-n2cnc3cc(OC)c(OC)cc32)cc1OCc1ccccc1C(F)(F)F. The maximum atomic E-state index is 13.3. The molecular weight excluding hydrogens is 471 g/mol. The summed E-state index contributed by atoms with van der Waals surface area (Å²) < 4.78 is 58.2. The Morgan fingerprint density at radius 1 is 1.09 bits per heavy atom. The van der Waals surface area contributed by atoms with Gasteiger partial charge in [-0.1, -0.05) is 18.2 Å². The molecule has 4 rings (SSSR count). The zero-order valence-corrected chi connectivity index (χ0v) is 19.2. The first-order chi connectivity index (χ1) is 16.3. The van der Waals surface area contributed by atoms with Crippen LogP contribution in [0.25, 0.3) is 16.0 Å². The second kappa shape index (κ2) is 9.26. The number of benzene rings is 2. The molecule has 1 amide bonds. The van der Waals surface area contributed by atoms with E-state index < -0.39 is 17.6 Å². The first-order valence-corrected chi connectivity index (χ1v) is 10.8. The number of carbonyl (C=O) groups is 1. The predicted octanol–water partition coefficient (Wildman–Crippen LogP) is 5.06. The second-order valence-corrected chi connectivity index (χ2v) is 8.14. The van der Waals surface area contributed by atoms with E-state index in [9.17, 15) is 18.0 Å². The molecule has 178 valence electrons. The van der Waals surface area contributed by atoms with Crippen LogP contribution in [0.15, 0.2) is 48.8 Å². The lowest BCUT2D eigenvalue weighted by Crippen LogP contribution is -2.17. The number of hydrogen-bond donors (Lipinski definition) is 1. The normalized spacial score (nSPS) is 11.5. The fourth-order valence-corrected chi connectivity index (χ4v) is 4.48. The van der Waals surface area contributed by atoms with Gasteiger partial charge in [0.15, 0.2) is 11.5 Å². The fraction of sp³-hybridized carbons (Fsp3) is 0.217. The summed E-state index contributed by atoms with van der Waals surface area (Å²) in [4.78, 5) is 17.1. The molecule has 0 unspecified atom stereocenters. The molecular formula is C23H20F3N3O4S. The van der Waals surface area contributed by atoms with Gasteiger partial charge in [-0.25, -0.2) is 4.98 Å². The highest BCUT2D eigenvalue weighted by molar-refractivity contribution is 7.16. The van der Waals surface area contributed by atoms with Crippen molar-refractivity contribution in [3.05, 3.63) is 64.8 Å². The number of alkyl halides is 3. The lowest BCUT2D eigenvalue weighted by Gasteiger charge is -2.13. The summed E-state index contributed by atoms with van der Waals surface area (Å²) in [6.45, 7) is -0.356. The Bertz CT molecular complexity index is 1350. The van der Waals surface area contributed by atoms with Gasteiger partial charge in [-0.3, -0.25) is 9.36 Å². The molecule has 7 nitrogen and oxygen atoms in total. The number of ether oxygens (including phenoxy) is 3. The minimum absolute atomic E-state index is 0.0319. The van der Waals surface area contributed by atoms with Gasteiger partial charge in [0, 0.05) is 30.8 Å². The van der Waals surface area contributed by atoms with Crippen molar-refractivity contribution in [3.63, 3.8) is 0 Å². The number of hydrogen-bond acceptors (Lipinski definition) is 6. The maximum Gasteiger partial charge on any atom is 0.416 e. The molecule has 11 heteroatoms. The average molecular weight is 491 g/mol. The van der Waals surface area contributed by atoms with Crippen molar-refractivity contribution in [2.75, 3.05) is 21.3 Å². The van der Waals surface area contributed by atoms with Crippen molar-refractivity contribution in [1.29, 1.82) is 0 Å². The first-order valence-electron chi connectivity index (χ1n) is 10.00. The molecule has 0 saturated heterocycles. The lowest BCUT2D eigenvalue weighted by molar-refractivity contribution is -0.138. The van der Waals surface area contributed by atoms with Crippen LogP contribution in [-0.4, -0.2) is 36.7 Å². The molecule has 34 heavy (non-hydrogen) atoms. The number of imidazole rings is 1. The number of carbonyl (C=O) groups excluding carboxylic acids is 1. The third-order valence-electron chi connectivity index (χ3n) is 5.11. The van der Waals surface area contributed by atoms with Gasteiger partial charge in [-0.05, 0) is 6.07 Å². The Hall–Kier alpha value is -3.73. The van der Waals surface area contributed by atoms with Gasteiger partial charge in [0.1, 0.15) is 28.6 Å². The molecule has 0 aliphatic rings. The molecule has 0 aliphatic carbocycles. The van der Waals surface area contributed by atoms with Crippen molar-refractivity contribution >= 4 is 28.3 Å². The van der Waals surface area contributed by atoms with Gasteiger partial charge in [-0.15, -0.1) is 11.3 Å². The van der Waals surface area contributed by atoms with Crippen LogP contribution in [-0.2, 0) is 12.8 Å². The van der Waals surface area contributed by atoms with Crippen LogP contribution in [0, 0.1) is 0 Å². The van der Waals surface area contributed by atoms with E-state index in [1.165, 1.54) is 39.5 Å². The number of amides is 1. The van der Waals surface area contributed by atoms with Gasteiger partial charge >= 0.3 is 6.18 Å². The Morgan fingerprint density at radius 2 is 1.79 bits per heavy atom. The summed E-state index contributed by atoms with van der Waals surface area (Å²) in [5.74, 6) is 0.766. The molecule has 0 fully saturated rings.